The lowest BCUT2D eigenvalue weighted by Crippen LogP contribution is -2.35. The number of nitrogens with one attached hydrogen (secondary N) is 2. The van der Waals surface area contributed by atoms with Crippen LogP contribution < -0.4 is 5.32 Å². The van der Waals surface area contributed by atoms with Gasteiger partial charge < -0.3 is 15.2 Å². The lowest BCUT2D eigenvalue weighted by molar-refractivity contribution is 0.124. The standard InChI is InChI=1S/C18H25N3O2/c1-14-3-2-4-15(9-14)17-16(11-20-21-17)10-19-12-18(5-7-22)6-8-23-13-18/h2-4,9,11,19,22H,5-8,10,12-13H2,1H3,(H,20,21). The van der Waals surface area contributed by atoms with E-state index in [4.69, 9.17) is 4.74 Å². The van der Waals surface area contributed by atoms with Crippen molar-refractivity contribution < 1.29 is 9.84 Å². The fourth-order valence-corrected chi connectivity index (χ4v) is 3.27. The number of aryl methyl sites for hydroxylation is 1. The third-order valence-electron chi connectivity index (χ3n) is 4.67. The van der Waals surface area contributed by atoms with Gasteiger partial charge in [0.1, 0.15) is 0 Å². The van der Waals surface area contributed by atoms with Crippen LogP contribution in [0, 0.1) is 12.3 Å². The zero-order valence-corrected chi connectivity index (χ0v) is 13.6. The van der Waals surface area contributed by atoms with Gasteiger partial charge in [-0.2, -0.15) is 5.10 Å². The Labute approximate surface area is 137 Å². The molecule has 1 aliphatic rings. The summed E-state index contributed by atoms with van der Waals surface area (Å²) in [4.78, 5) is 0. The predicted octanol–water partition coefficient (Wildman–Crippen LogP) is 2.26. The number of benzene rings is 1. The molecule has 0 saturated carbocycles. The minimum absolute atomic E-state index is 0.0714. The normalized spacial score (nSPS) is 21.0. The third-order valence-corrected chi connectivity index (χ3v) is 4.67. The van der Waals surface area contributed by atoms with E-state index in [1.165, 1.54) is 5.56 Å². The minimum atomic E-state index is 0.0714. The van der Waals surface area contributed by atoms with Gasteiger partial charge in [-0.1, -0.05) is 23.8 Å². The number of ether oxygens (including phenoxy) is 1. The number of aromatic amines is 1. The zero-order chi connectivity index (χ0) is 16.1. The molecule has 0 amide bonds. The number of hydrogen-bond donors (Lipinski definition) is 3. The molecule has 1 saturated heterocycles. The van der Waals surface area contributed by atoms with Crippen LogP contribution >= 0.6 is 0 Å². The van der Waals surface area contributed by atoms with Gasteiger partial charge in [0.15, 0.2) is 0 Å². The quantitative estimate of drug-likeness (QED) is 0.733. The number of aliphatic hydroxyl groups is 1. The van der Waals surface area contributed by atoms with Gasteiger partial charge in [0.2, 0.25) is 0 Å². The second-order valence-electron chi connectivity index (χ2n) is 6.52. The molecule has 124 valence electrons. The molecule has 1 atom stereocenters. The summed E-state index contributed by atoms with van der Waals surface area (Å²) in [5.41, 5.74) is 4.70. The molecule has 1 fully saturated rings. The highest BCUT2D eigenvalue weighted by Crippen LogP contribution is 2.31. The molecule has 5 heteroatoms. The largest absolute Gasteiger partial charge is 0.396 e. The van der Waals surface area contributed by atoms with E-state index in [0.29, 0.717) is 0 Å². The van der Waals surface area contributed by atoms with Crippen molar-refractivity contribution in [1.82, 2.24) is 15.5 Å². The van der Waals surface area contributed by atoms with E-state index in [1.54, 1.807) is 0 Å². The molecule has 1 aromatic heterocycles. The highest BCUT2D eigenvalue weighted by atomic mass is 16.5. The summed E-state index contributed by atoms with van der Waals surface area (Å²) >= 11 is 0. The number of nitrogens with zero attached hydrogens (tertiary/aromatic N) is 1. The Bertz CT molecular complexity index is 633. The highest BCUT2D eigenvalue weighted by molar-refractivity contribution is 5.63. The van der Waals surface area contributed by atoms with E-state index in [-0.39, 0.29) is 12.0 Å². The highest BCUT2D eigenvalue weighted by Gasteiger charge is 2.33. The van der Waals surface area contributed by atoms with Gasteiger partial charge in [-0.3, -0.25) is 5.10 Å². The summed E-state index contributed by atoms with van der Waals surface area (Å²) in [6.07, 6.45) is 3.68. The molecule has 0 radical (unpaired) electrons. The van der Waals surface area contributed by atoms with E-state index < -0.39 is 0 Å². The van der Waals surface area contributed by atoms with Crippen molar-refractivity contribution in [2.75, 3.05) is 26.4 Å². The molecule has 3 N–H and O–H groups in total. The van der Waals surface area contributed by atoms with Crippen LogP contribution in [0.25, 0.3) is 11.3 Å². The number of hydrogen-bond acceptors (Lipinski definition) is 4. The Hall–Kier alpha value is -1.69. The molecule has 23 heavy (non-hydrogen) atoms. The fraction of sp³-hybridized carbons (Fsp3) is 0.500. The summed E-state index contributed by atoms with van der Waals surface area (Å²) in [5, 5.41) is 20.1. The first-order valence-corrected chi connectivity index (χ1v) is 8.21. The summed E-state index contributed by atoms with van der Waals surface area (Å²) in [7, 11) is 0. The Balaban J connectivity index is 1.64. The Morgan fingerprint density at radius 2 is 2.35 bits per heavy atom. The van der Waals surface area contributed by atoms with Gasteiger partial charge in [0.25, 0.3) is 0 Å². The predicted molar refractivity (Wildman–Crippen MR) is 90.0 cm³/mol. The third kappa shape index (κ3) is 3.80. The average Bonchev–Trinajstić information content (AvgIpc) is 3.18. The maximum Gasteiger partial charge on any atom is 0.0695 e. The van der Waals surface area contributed by atoms with Crippen LogP contribution in [0.1, 0.15) is 24.0 Å². The second-order valence-corrected chi connectivity index (χ2v) is 6.52. The summed E-state index contributed by atoms with van der Waals surface area (Å²) in [6, 6.07) is 8.42. The van der Waals surface area contributed by atoms with Crippen LogP contribution in [0.3, 0.4) is 0 Å². The van der Waals surface area contributed by atoms with E-state index in [0.717, 1.165) is 56.0 Å². The van der Waals surface area contributed by atoms with Crippen molar-refractivity contribution in [3.8, 4) is 11.3 Å². The van der Waals surface area contributed by atoms with E-state index >= 15 is 0 Å². The molecular weight excluding hydrogens is 290 g/mol. The Kier molecular flexibility index (Phi) is 5.10. The average molecular weight is 315 g/mol. The summed E-state index contributed by atoms with van der Waals surface area (Å²) in [5.74, 6) is 0. The van der Waals surface area contributed by atoms with Crippen molar-refractivity contribution in [2.24, 2.45) is 5.41 Å². The lowest BCUT2D eigenvalue weighted by atomic mass is 9.84. The van der Waals surface area contributed by atoms with Crippen LogP contribution in [-0.2, 0) is 11.3 Å². The molecule has 0 bridgehead atoms. The Morgan fingerprint density at radius 3 is 3.09 bits per heavy atom. The van der Waals surface area contributed by atoms with Gasteiger partial charge in [-0.25, -0.2) is 0 Å². The molecule has 1 aliphatic heterocycles. The van der Waals surface area contributed by atoms with Crippen molar-refractivity contribution >= 4 is 0 Å². The van der Waals surface area contributed by atoms with Crippen molar-refractivity contribution in [1.29, 1.82) is 0 Å². The topological polar surface area (TPSA) is 70.2 Å². The van der Waals surface area contributed by atoms with Gasteiger partial charge in [0, 0.05) is 42.8 Å². The molecule has 1 aromatic carbocycles. The first kappa shape index (κ1) is 16.2. The number of rotatable bonds is 7. The first-order chi connectivity index (χ1) is 11.2. The molecule has 0 spiro atoms. The van der Waals surface area contributed by atoms with Crippen molar-refractivity contribution in [2.45, 2.75) is 26.3 Å². The first-order valence-electron chi connectivity index (χ1n) is 8.21. The molecular formula is C18H25N3O2. The van der Waals surface area contributed by atoms with Crippen molar-refractivity contribution in [3.63, 3.8) is 0 Å². The number of aromatic nitrogens is 2. The number of H-pyrrole nitrogens is 1. The molecule has 5 nitrogen and oxygen atoms in total. The van der Waals surface area contributed by atoms with Crippen LogP contribution in [0.5, 0.6) is 0 Å². The van der Waals surface area contributed by atoms with Crippen LogP contribution in [0.2, 0.25) is 0 Å². The SMILES string of the molecule is Cc1cccc(-c2[nH]ncc2CNCC2(CCO)CCOC2)c1. The van der Waals surface area contributed by atoms with E-state index in [1.807, 2.05) is 6.20 Å². The van der Waals surface area contributed by atoms with Gasteiger partial charge >= 0.3 is 0 Å². The molecule has 0 aliphatic carbocycles. The summed E-state index contributed by atoms with van der Waals surface area (Å²) in [6.45, 7) is 5.44. The van der Waals surface area contributed by atoms with Gasteiger partial charge in [0.05, 0.1) is 18.5 Å². The van der Waals surface area contributed by atoms with E-state index in [9.17, 15) is 5.11 Å². The monoisotopic (exact) mass is 315 g/mol. The van der Waals surface area contributed by atoms with E-state index in [2.05, 4.69) is 46.7 Å². The van der Waals surface area contributed by atoms with Crippen LogP contribution in [-0.4, -0.2) is 41.7 Å². The number of aliphatic hydroxyl groups excluding tert-OH is 1. The maximum atomic E-state index is 9.30. The maximum absolute atomic E-state index is 9.30. The molecule has 2 aromatic rings. The van der Waals surface area contributed by atoms with Gasteiger partial charge in [-0.05, 0) is 25.8 Å². The fourth-order valence-electron chi connectivity index (χ4n) is 3.27. The summed E-state index contributed by atoms with van der Waals surface area (Å²) < 4.78 is 5.54. The van der Waals surface area contributed by atoms with Gasteiger partial charge in [-0.15, -0.1) is 0 Å². The second kappa shape index (κ2) is 7.25. The van der Waals surface area contributed by atoms with Crippen molar-refractivity contribution in [3.05, 3.63) is 41.6 Å². The Morgan fingerprint density at radius 1 is 1.43 bits per heavy atom. The minimum Gasteiger partial charge on any atom is -0.396 e. The molecule has 1 unspecified atom stereocenters. The zero-order valence-electron chi connectivity index (χ0n) is 13.6. The van der Waals surface area contributed by atoms with Crippen LogP contribution in [0.4, 0.5) is 0 Å². The molecule has 2 heterocycles. The smallest absolute Gasteiger partial charge is 0.0695 e. The van der Waals surface area contributed by atoms with Crippen LogP contribution in [0.15, 0.2) is 30.5 Å². The molecule has 3 rings (SSSR count). The lowest BCUT2D eigenvalue weighted by Gasteiger charge is -2.26.